The van der Waals surface area contributed by atoms with Gasteiger partial charge in [0, 0.05) is 12.1 Å². The number of rotatable bonds is 5. The van der Waals surface area contributed by atoms with E-state index in [0.29, 0.717) is 11.6 Å². The standard InChI is InChI=1S/C14H22N2O2/c1-6-9(2)12(5)15-13-7-10(3)11(4)8-14(13)16(17)18/h7-9,12,15H,6H2,1-5H3. The molecule has 1 N–H and O–H groups in total. The average Bonchev–Trinajstić information content (AvgIpc) is 2.31. The van der Waals surface area contributed by atoms with Gasteiger partial charge in [-0.2, -0.15) is 0 Å². The topological polar surface area (TPSA) is 55.2 Å². The maximum Gasteiger partial charge on any atom is 0.292 e. The zero-order chi connectivity index (χ0) is 13.9. The molecule has 0 aliphatic heterocycles. The van der Waals surface area contributed by atoms with Crippen LogP contribution in [-0.4, -0.2) is 11.0 Å². The molecule has 4 heteroatoms. The summed E-state index contributed by atoms with van der Waals surface area (Å²) >= 11 is 0. The molecule has 0 saturated heterocycles. The van der Waals surface area contributed by atoms with Gasteiger partial charge in [0.15, 0.2) is 0 Å². The zero-order valence-electron chi connectivity index (χ0n) is 11.8. The van der Waals surface area contributed by atoms with Crippen molar-refractivity contribution >= 4 is 11.4 Å². The molecule has 0 radical (unpaired) electrons. The van der Waals surface area contributed by atoms with Gasteiger partial charge in [0.05, 0.1) is 4.92 Å². The van der Waals surface area contributed by atoms with Crippen molar-refractivity contribution < 1.29 is 4.92 Å². The van der Waals surface area contributed by atoms with E-state index in [9.17, 15) is 10.1 Å². The summed E-state index contributed by atoms with van der Waals surface area (Å²) in [5.41, 5.74) is 2.80. The van der Waals surface area contributed by atoms with Crippen molar-refractivity contribution in [3.8, 4) is 0 Å². The van der Waals surface area contributed by atoms with E-state index in [-0.39, 0.29) is 16.7 Å². The number of nitro benzene ring substituents is 1. The van der Waals surface area contributed by atoms with Gasteiger partial charge in [-0.3, -0.25) is 10.1 Å². The molecule has 0 amide bonds. The fraction of sp³-hybridized carbons (Fsp3) is 0.571. The summed E-state index contributed by atoms with van der Waals surface area (Å²) in [6, 6.07) is 3.73. The summed E-state index contributed by atoms with van der Waals surface area (Å²) in [5, 5.41) is 14.3. The van der Waals surface area contributed by atoms with Gasteiger partial charge >= 0.3 is 0 Å². The Morgan fingerprint density at radius 1 is 1.28 bits per heavy atom. The molecule has 4 nitrogen and oxygen atoms in total. The maximum absolute atomic E-state index is 11.1. The van der Waals surface area contributed by atoms with Crippen LogP contribution < -0.4 is 5.32 Å². The van der Waals surface area contributed by atoms with E-state index < -0.39 is 0 Å². The van der Waals surface area contributed by atoms with E-state index >= 15 is 0 Å². The Morgan fingerprint density at radius 2 is 1.83 bits per heavy atom. The Hall–Kier alpha value is -1.58. The van der Waals surface area contributed by atoms with Crippen molar-refractivity contribution in [2.45, 2.75) is 47.1 Å². The van der Waals surface area contributed by atoms with Crippen LogP contribution in [0.1, 0.15) is 38.3 Å². The average molecular weight is 250 g/mol. The minimum Gasteiger partial charge on any atom is -0.377 e. The SMILES string of the molecule is CCC(C)C(C)Nc1cc(C)c(C)cc1[N+](=O)[O-]. The fourth-order valence-corrected chi connectivity index (χ4v) is 1.81. The number of aryl methyl sites for hydroxylation is 2. The second-order valence-electron chi connectivity index (χ2n) is 5.03. The third-order valence-corrected chi connectivity index (χ3v) is 3.69. The third kappa shape index (κ3) is 3.22. The van der Waals surface area contributed by atoms with Crippen molar-refractivity contribution in [3.63, 3.8) is 0 Å². The van der Waals surface area contributed by atoms with Gasteiger partial charge < -0.3 is 5.32 Å². The number of nitro groups is 1. The predicted molar refractivity (Wildman–Crippen MR) is 75.1 cm³/mol. The van der Waals surface area contributed by atoms with Crippen molar-refractivity contribution in [3.05, 3.63) is 33.4 Å². The number of nitrogens with zero attached hydrogens (tertiary/aromatic N) is 1. The van der Waals surface area contributed by atoms with Gasteiger partial charge in [-0.25, -0.2) is 0 Å². The van der Waals surface area contributed by atoms with Gasteiger partial charge in [-0.1, -0.05) is 20.3 Å². The lowest BCUT2D eigenvalue weighted by Crippen LogP contribution is -2.23. The number of hydrogen-bond donors (Lipinski definition) is 1. The maximum atomic E-state index is 11.1. The van der Waals surface area contributed by atoms with Crippen LogP contribution in [0.2, 0.25) is 0 Å². The van der Waals surface area contributed by atoms with Crippen LogP contribution in [-0.2, 0) is 0 Å². The molecule has 0 heterocycles. The fourth-order valence-electron chi connectivity index (χ4n) is 1.81. The second-order valence-corrected chi connectivity index (χ2v) is 5.03. The molecular weight excluding hydrogens is 228 g/mol. The molecule has 2 unspecified atom stereocenters. The number of hydrogen-bond acceptors (Lipinski definition) is 3. The van der Waals surface area contributed by atoms with E-state index in [2.05, 4.69) is 26.1 Å². The van der Waals surface area contributed by atoms with Crippen molar-refractivity contribution in [2.24, 2.45) is 5.92 Å². The summed E-state index contributed by atoms with van der Waals surface area (Å²) in [5.74, 6) is 0.478. The van der Waals surface area contributed by atoms with Gasteiger partial charge in [-0.15, -0.1) is 0 Å². The van der Waals surface area contributed by atoms with Crippen LogP contribution in [0.5, 0.6) is 0 Å². The summed E-state index contributed by atoms with van der Waals surface area (Å²) in [4.78, 5) is 10.8. The molecule has 1 rings (SSSR count). The Morgan fingerprint density at radius 3 is 2.33 bits per heavy atom. The van der Waals surface area contributed by atoms with Crippen LogP contribution >= 0.6 is 0 Å². The molecule has 0 bridgehead atoms. The largest absolute Gasteiger partial charge is 0.377 e. The minimum atomic E-state index is -0.321. The number of benzene rings is 1. The van der Waals surface area contributed by atoms with Gasteiger partial charge in [0.1, 0.15) is 5.69 Å². The lowest BCUT2D eigenvalue weighted by molar-refractivity contribution is -0.384. The molecule has 0 aliphatic rings. The second kappa shape index (κ2) is 5.85. The van der Waals surface area contributed by atoms with E-state index in [1.807, 2.05) is 19.9 Å². The highest BCUT2D eigenvalue weighted by atomic mass is 16.6. The smallest absolute Gasteiger partial charge is 0.292 e. The van der Waals surface area contributed by atoms with Crippen LogP contribution in [0.4, 0.5) is 11.4 Å². The number of nitrogens with one attached hydrogen (secondary N) is 1. The molecule has 1 aromatic rings. The Kier molecular flexibility index (Phi) is 4.70. The summed E-state index contributed by atoms with van der Waals surface area (Å²) in [6.45, 7) is 10.2. The van der Waals surface area contributed by atoms with Crippen molar-refractivity contribution in [1.29, 1.82) is 0 Å². The summed E-state index contributed by atoms with van der Waals surface area (Å²) in [7, 11) is 0. The van der Waals surface area contributed by atoms with E-state index in [1.165, 1.54) is 0 Å². The first kappa shape index (κ1) is 14.5. The predicted octanol–water partition coefficient (Wildman–Crippen LogP) is 4.06. The Bertz CT molecular complexity index is 444. The summed E-state index contributed by atoms with van der Waals surface area (Å²) in [6.07, 6.45) is 1.05. The Labute approximate surface area is 109 Å². The zero-order valence-corrected chi connectivity index (χ0v) is 11.8. The molecule has 0 aromatic heterocycles. The lowest BCUT2D eigenvalue weighted by Gasteiger charge is -2.21. The van der Waals surface area contributed by atoms with E-state index in [0.717, 1.165) is 17.5 Å². The normalized spacial score (nSPS) is 14.1. The Balaban J connectivity index is 3.07. The van der Waals surface area contributed by atoms with Gasteiger partial charge in [0.2, 0.25) is 0 Å². The van der Waals surface area contributed by atoms with Gasteiger partial charge in [-0.05, 0) is 43.9 Å². The van der Waals surface area contributed by atoms with Crippen molar-refractivity contribution in [1.82, 2.24) is 0 Å². The first-order chi connectivity index (χ1) is 8.36. The van der Waals surface area contributed by atoms with Crippen LogP contribution in [0.15, 0.2) is 12.1 Å². The third-order valence-electron chi connectivity index (χ3n) is 3.69. The first-order valence-electron chi connectivity index (χ1n) is 6.39. The first-order valence-corrected chi connectivity index (χ1v) is 6.39. The molecular formula is C14H22N2O2. The lowest BCUT2D eigenvalue weighted by atomic mass is 10.00. The molecule has 18 heavy (non-hydrogen) atoms. The van der Waals surface area contributed by atoms with Crippen molar-refractivity contribution in [2.75, 3.05) is 5.32 Å². The monoisotopic (exact) mass is 250 g/mol. The molecule has 1 aromatic carbocycles. The quantitative estimate of drug-likeness (QED) is 0.633. The molecule has 2 atom stereocenters. The van der Waals surface area contributed by atoms with Gasteiger partial charge in [0.25, 0.3) is 5.69 Å². The highest BCUT2D eigenvalue weighted by Crippen LogP contribution is 2.29. The summed E-state index contributed by atoms with van der Waals surface area (Å²) < 4.78 is 0. The minimum absolute atomic E-state index is 0.160. The molecule has 0 fully saturated rings. The molecule has 0 spiro atoms. The number of anilines is 1. The van der Waals surface area contributed by atoms with Crippen LogP contribution in [0.3, 0.4) is 0 Å². The van der Waals surface area contributed by atoms with E-state index in [1.54, 1.807) is 6.07 Å². The van der Waals surface area contributed by atoms with Crippen LogP contribution in [0.25, 0.3) is 0 Å². The highest BCUT2D eigenvalue weighted by molar-refractivity contribution is 5.64. The van der Waals surface area contributed by atoms with Crippen LogP contribution in [0, 0.1) is 29.9 Å². The molecule has 0 saturated carbocycles. The molecule has 0 aliphatic carbocycles. The molecule has 100 valence electrons. The highest BCUT2D eigenvalue weighted by Gasteiger charge is 2.18. The van der Waals surface area contributed by atoms with E-state index in [4.69, 9.17) is 0 Å².